The van der Waals surface area contributed by atoms with Gasteiger partial charge in [-0.3, -0.25) is 0 Å². The largest absolute Gasteiger partial charge is 0.694 e. The van der Waals surface area contributed by atoms with Crippen molar-refractivity contribution < 1.29 is 36.3 Å². The summed E-state index contributed by atoms with van der Waals surface area (Å²) >= 11 is 1.33. The van der Waals surface area contributed by atoms with Crippen molar-refractivity contribution in [3.05, 3.63) is 59.4 Å². The number of nitrogens with one attached hydrogen (secondary N) is 1. The predicted octanol–water partition coefficient (Wildman–Crippen LogP) is 7.64. The van der Waals surface area contributed by atoms with Gasteiger partial charge in [-0.05, 0) is 79.1 Å². The van der Waals surface area contributed by atoms with Crippen LogP contribution in [0.4, 0.5) is 17.6 Å². The van der Waals surface area contributed by atoms with E-state index >= 15 is 0 Å². The number of ether oxygens (including phenoxy) is 1. The van der Waals surface area contributed by atoms with Crippen molar-refractivity contribution in [2.75, 3.05) is 18.9 Å². The molecule has 2 N–H and O–H groups in total. The van der Waals surface area contributed by atoms with E-state index in [1.54, 1.807) is 18.2 Å². The van der Waals surface area contributed by atoms with Crippen LogP contribution < -0.4 is 10.1 Å². The standard InChI is InChI=1S/C26H32F4NO4PS/c27-22-9-2-1-8-21(22)25(12-3-4-13-25)14-5-6-17-37-24-11-10-20(18-23(24)35-26(28,29)30)19-31-15-7-16-34-36(32)33/h1-2,8-11,18,31H,3-7,12-17,19H2/p+1. The van der Waals surface area contributed by atoms with Gasteiger partial charge in [0, 0.05) is 16.0 Å². The summed E-state index contributed by atoms with van der Waals surface area (Å²) in [5.74, 6) is 0.250. The van der Waals surface area contributed by atoms with Gasteiger partial charge in [0.25, 0.3) is 0 Å². The first-order valence-corrected chi connectivity index (χ1v) is 14.6. The van der Waals surface area contributed by atoms with E-state index in [1.807, 2.05) is 12.1 Å². The Bertz CT molecular complexity index is 1020. The molecule has 0 aromatic heterocycles. The lowest BCUT2D eigenvalue weighted by molar-refractivity contribution is -0.275. The number of hydrogen-bond acceptors (Lipinski definition) is 5. The molecule has 1 atom stereocenters. The van der Waals surface area contributed by atoms with Gasteiger partial charge in [-0.2, -0.15) is 0 Å². The Labute approximate surface area is 220 Å². The van der Waals surface area contributed by atoms with Crippen molar-refractivity contribution in [1.29, 1.82) is 0 Å². The van der Waals surface area contributed by atoms with Crippen LogP contribution in [0, 0.1) is 5.82 Å². The number of thioether (sulfide) groups is 1. The molecular weight excluding hydrogens is 529 g/mol. The van der Waals surface area contributed by atoms with E-state index in [2.05, 4.69) is 14.6 Å². The van der Waals surface area contributed by atoms with Crippen molar-refractivity contribution >= 4 is 20.0 Å². The summed E-state index contributed by atoms with van der Waals surface area (Å²) in [6.45, 7) is 0.907. The van der Waals surface area contributed by atoms with Gasteiger partial charge in [-0.1, -0.05) is 43.5 Å². The van der Waals surface area contributed by atoms with Gasteiger partial charge in [0.05, 0.1) is 0 Å². The molecule has 1 aliphatic rings. The third-order valence-electron chi connectivity index (χ3n) is 6.58. The Balaban J connectivity index is 1.52. The lowest BCUT2D eigenvalue weighted by Gasteiger charge is -2.30. The van der Waals surface area contributed by atoms with Crippen molar-refractivity contribution in [1.82, 2.24) is 5.32 Å². The van der Waals surface area contributed by atoms with E-state index in [0.717, 1.165) is 50.5 Å². The van der Waals surface area contributed by atoms with Crippen LogP contribution in [-0.2, 0) is 21.0 Å². The fourth-order valence-corrected chi connectivity index (χ4v) is 6.16. The first-order chi connectivity index (χ1) is 17.7. The van der Waals surface area contributed by atoms with E-state index in [1.165, 1.54) is 23.9 Å². The minimum atomic E-state index is -4.80. The zero-order chi connectivity index (χ0) is 26.7. The molecule has 0 spiro atoms. The molecule has 0 saturated heterocycles. The highest BCUT2D eigenvalue weighted by atomic mass is 32.2. The maximum Gasteiger partial charge on any atom is 0.694 e. The van der Waals surface area contributed by atoms with Gasteiger partial charge in [0.1, 0.15) is 18.2 Å². The Morgan fingerprint density at radius 2 is 1.84 bits per heavy atom. The van der Waals surface area contributed by atoms with Crippen LogP contribution >= 0.6 is 20.0 Å². The molecule has 1 fully saturated rings. The Morgan fingerprint density at radius 3 is 2.54 bits per heavy atom. The lowest BCUT2D eigenvalue weighted by Crippen LogP contribution is -2.23. The van der Waals surface area contributed by atoms with E-state index < -0.39 is 14.6 Å². The molecule has 11 heteroatoms. The molecule has 0 aliphatic heterocycles. The second kappa shape index (κ2) is 14.4. The highest BCUT2D eigenvalue weighted by Gasteiger charge is 2.37. The highest BCUT2D eigenvalue weighted by molar-refractivity contribution is 7.99. The summed E-state index contributed by atoms with van der Waals surface area (Å²) < 4.78 is 72.9. The lowest BCUT2D eigenvalue weighted by atomic mass is 9.75. The quantitative estimate of drug-likeness (QED) is 0.101. The second-order valence-corrected chi connectivity index (χ2v) is 11.1. The van der Waals surface area contributed by atoms with Gasteiger partial charge in [0.2, 0.25) is 0 Å². The van der Waals surface area contributed by atoms with Crippen LogP contribution in [0.25, 0.3) is 0 Å². The maximum absolute atomic E-state index is 14.5. The number of halogens is 4. The Kier molecular flexibility index (Phi) is 11.7. The normalized spacial score (nSPS) is 15.6. The van der Waals surface area contributed by atoms with E-state index in [-0.39, 0.29) is 23.6 Å². The highest BCUT2D eigenvalue weighted by Crippen LogP contribution is 2.46. The monoisotopic (exact) mass is 562 g/mol. The Hall–Kier alpha value is -1.71. The van der Waals surface area contributed by atoms with Gasteiger partial charge in [0.15, 0.2) is 0 Å². The van der Waals surface area contributed by atoms with Crippen LogP contribution in [0.5, 0.6) is 5.75 Å². The van der Waals surface area contributed by atoms with E-state index in [4.69, 9.17) is 4.89 Å². The minimum Gasteiger partial charge on any atom is -0.405 e. The molecule has 0 heterocycles. The molecule has 5 nitrogen and oxygen atoms in total. The average molecular weight is 563 g/mol. The summed E-state index contributed by atoms with van der Waals surface area (Å²) in [6, 6.07) is 11.8. The molecule has 37 heavy (non-hydrogen) atoms. The van der Waals surface area contributed by atoms with Crippen LogP contribution in [0.3, 0.4) is 0 Å². The number of alkyl halides is 3. The Morgan fingerprint density at radius 1 is 1.08 bits per heavy atom. The number of rotatable bonds is 15. The summed E-state index contributed by atoms with van der Waals surface area (Å²) in [4.78, 5) is 9.01. The van der Waals surface area contributed by atoms with Gasteiger partial charge < -0.3 is 10.1 Å². The molecule has 0 bridgehead atoms. The molecule has 2 aromatic carbocycles. The van der Waals surface area contributed by atoms with Gasteiger partial charge in [-0.25, -0.2) is 4.39 Å². The summed E-state index contributed by atoms with van der Waals surface area (Å²) in [5.41, 5.74) is 1.28. The van der Waals surface area contributed by atoms with Crippen LogP contribution in [-0.4, -0.2) is 30.2 Å². The topological polar surface area (TPSA) is 67.8 Å². The molecular formula is C26H33F4NO4PS+. The van der Waals surface area contributed by atoms with Crippen molar-refractivity contribution in [3.8, 4) is 5.75 Å². The fourth-order valence-electron chi connectivity index (χ4n) is 4.90. The van der Waals surface area contributed by atoms with Crippen LogP contribution in [0.2, 0.25) is 0 Å². The molecule has 1 aliphatic carbocycles. The average Bonchev–Trinajstić information content (AvgIpc) is 3.31. The molecule has 3 rings (SSSR count). The summed E-state index contributed by atoms with van der Waals surface area (Å²) in [6.07, 6.45) is 2.33. The predicted molar refractivity (Wildman–Crippen MR) is 136 cm³/mol. The maximum atomic E-state index is 14.5. The minimum absolute atomic E-state index is 0.109. The summed E-state index contributed by atoms with van der Waals surface area (Å²) in [5, 5.41) is 3.07. The van der Waals surface area contributed by atoms with Crippen molar-refractivity contribution in [3.63, 3.8) is 0 Å². The molecule has 0 amide bonds. The molecule has 1 unspecified atom stereocenters. The molecule has 0 radical (unpaired) electrons. The first kappa shape index (κ1) is 29.8. The van der Waals surface area contributed by atoms with Gasteiger partial charge >= 0.3 is 14.6 Å². The molecule has 1 saturated carbocycles. The number of unbranched alkanes of at least 4 members (excludes halogenated alkanes) is 1. The second-order valence-electron chi connectivity index (χ2n) is 9.20. The van der Waals surface area contributed by atoms with Crippen molar-refractivity contribution in [2.45, 2.75) is 74.6 Å². The molecule has 2 aromatic rings. The molecule has 204 valence electrons. The number of benzene rings is 2. The number of hydrogen-bond donors (Lipinski definition) is 2. The third-order valence-corrected chi connectivity index (χ3v) is 8.12. The van der Waals surface area contributed by atoms with Crippen LogP contribution in [0.15, 0.2) is 47.4 Å². The first-order valence-electron chi connectivity index (χ1n) is 12.4. The summed E-state index contributed by atoms with van der Waals surface area (Å²) in [7, 11) is -2.63. The van der Waals surface area contributed by atoms with E-state index in [0.29, 0.717) is 35.7 Å². The smallest absolute Gasteiger partial charge is 0.405 e. The van der Waals surface area contributed by atoms with Crippen LogP contribution in [0.1, 0.15) is 62.5 Å². The van der Waals surface area contributed by atoms with E-state index in [9.17, 15) is 22.1 Å². The van der Waals surface area contributed by atoms with Gasteiger partial charge in [-0.15, -0.1) is 34.4 Å². The zero-order valence-corrected chi connectivity index (χ0v) is 22.3. The van der Waals surface area contributed by atoms with Crippen molar-refractivity contribution in [2.24, 2.45) is 0 Å². The third kappa shape index (κ3) is 9.84. The fraction of sp³-hybridized carbons (Fsp3) is 0.538. The zero-order valence-electron chi connectivity index (χ0n) is 20.6. The SMILES string of the molecule is O=[P+](O)OCCCNCc1ccc(SCCCCC2(c3ccccc3F)CCCC2)c(OC(F)(F)F)c1.